The van der Waals surface area contributed by atoms with Gasteiger partial charge in [-0.15, -0.1) is 0 Å². The summed E-state index contributed by atoms with van der Waals surface area (Å²) in [4.78, 5) is 15.1. The number of hydrogen-bond acceptors (Lipinski definition) is 3. The molecule has 2 heterocycles. The van der Waals surface area contributed by atoms with E-state index in [1.165, 1.54) is 5.69 Å². The van der Waals surface area contributed by atoms with Gasteiger partial charge in [-0.1, -0.05) is 0 Å². The van der Waals surface area contributed by atoms with Crippen molar-refractivity contribution < 1.29 is 9.53 Å². The maximum Gasteiger partial charge on any atom is 0.230 e. The zero-order valence-corrected chi connectivity index (χ0v) is 13.3. The molecule has 120 valence electrons. The standard InChI is InChI=1S/C17H25N3O2/c1-2-22-12-8-17(9-12)6-7-20(11-17)16(21)13-4-3-5-15-14(13)10-18-19-15/h10,12-13H,2-9,11H2,1H3,(H,18,19). The summed E-state index contributed by atoms with van der Waals surface area (Å²) in [5.74, 6) is 0.347. The van der Waals surface area contributed by atoms with Gasteiger partial charge in [-0.05, 0) is 50.9 Å². The highest BCUT2D eigenvalue weighted by molar-refractivity contribution is 5.84. The zero-order valence-electron chi connectivity index (χ0n) is 13.3. The molecular formula is C17H25N3O2. The Hall–Kier alpha value is -1.36. The topological polar surface area (TPSA) is 58.2 Å². The Balaban J connectivity index is 1.41. The van der Waals surface area contributed by atoms with Crippen molar-refractivity contribution in [3.05, 3.63) is 17.5 Å². The predicted octanol–water partition coefficient (Wildman–Crippen LogP) is 2.25. The zero-order chi connectivity index (χ0) is 15.2. The number of aryl methyl sites for hydroxylation is 1. The summed E-state index contributed by atoms with van der Waals surface area (Å²) in [6.07, 6.45) is 8.77. The summed E-state index contributed by atoms with van der Waals surface area (Å²) in [5.41, 5.74) is 2.65. The number of ether oxygens (including phenoxy) is 1. The first-order valence-electron chi connectivity index (χ1n) is 8.63. The van der Waals surface area contributed by atoms with Crippen LogP contribution in [-0.2, 0) is 16.0 Å². The van der Waals surface area contributed by atoms with Crippen LogP contribution in [0.2, 0.25) is 0 Å². The molecule has 0 aromatic carbocycles. The molecule has 1 aromatic heterocycles. The summed E-state index contributed by atoms with van der Waals surface area (Å²) in [7, 11) is 0. The van der Waals surface area contributed by atoms with Crippen molar-refractivity contribution >= 4 is 5.91 Å². The summed E-state index contributed by atoms with van der Waals surface area (Å²) in [5, 5.41) is 7.19. The third kappa shape index (κ3) is 2.26. The molecule has 1 aromatic rings. The minimum atomic E-state index is 0.0282. The fourth-order valence-electron chi connectivity index (χ4n) is 4.65. The molecule has 1 unspecified atom stereocenters. The van der Waals surface area contributed by atoms with Gasteiger partial charge in [0.25, 0.3) is 0 Å². The number of amides is 1. The SMILES string of the molecule is CCOC1CC2(CCN(C(=O)C3CCCc4[nH]ncc43)C2)C1. The van der Waals surface area contributed by atoms with Crippen LogP contribution < -0.4 is 0 Å². The van der Waals surface area contributed by atoms with E-state index in [0.717, 1.165) is 63.8 Å². The predicted molar refractivity (Wildman–Crippen MR) is 82.5 cm³/mol. The monoisotopic (exact) mass is 303 g/mol. The summed E-state index contributed by atoms with van der Waals surface area (Å²) in [6, 6.07) is 0. The molecule has 1 amide bonds. The average molecular weight is 303 g/mol. The second-order valence-electron chi connectivity index (χ2n) is 7.24. The Morgan fingerprint density at radius 3 is 3.23 bits per heavy atom. The Labute approximate surface area is 131 Å². The highest BCUT2D eigenvalue weighted by atomic mass is 16.5. The first-order valence-corrected chi connectivity index (χ1v) is 8.63. The minimum Gasteiger partial charge on any atom is -0.378 e. The van der Waals surface area contributed by atoms with Crippen LogP contribution in [0.25, 0.3) is 0 Å². The molecule has 1 aliphatic heterocycles. The van der Waals surface area contributed by atoms with E-state index in [2.05, 4.69) is 22.0 Å². The summed E-state index contributed by atoms with van der Waals surface area (Å²) < 4.78 is 5.70. The van der Waals surface area contributed by atoms with Crippen LogP contribution in [0.1, 0.15) is 56.2 Å². The number of rotatable bonds is 3. The van der Waals surface area contributed by atoms with Gasteiger partial charge in [-0.3, -0.25) is 9.89 Å². The van der Waals surface area contributed by atoms with E-state index in [0.29, 0.717) is 17.4 Å². The third-order valence-electron chi connectivity index (χ3n) is 5.82. The molecule has 5 heteroatoms. The van der Waals surface area contributed by atoms with Gasteiger partial charge in [0.1, 0.15) is 0 Å². The van der Waals surface area contributed by atoms with Crippen LogP contribution in [0.3, 0.4) is 0 Å². The molecule has 2 fully saturated rings. The number of likely N-dealkylation sites (tertiary alicyclic amines) is 1. The molecule has 2 aliphatic carbocycles. The maximum absolute atomic E-state index is 12.9. The normalized spacial score (nSPS) is 33.8. The Morgan fingerprint density at radius 2 is 2.41 bits per heavy atom. The fraction of sp³-hybridized carbons (Fsp3) is 0.765. The summed E-state index contributed by atoms with van der Waals surface area (Å²) >= 11 is 0. The van der Waals surface area contributed by atoms with Crippen molar-refractivity contribution in [1.82, 2.24) is 15.1 Å². The molecule has 1 saturated heterocycles. The lowest BCUT2D eigenvalue weighted by Crippen LogP contribution is -2.45. The van der Waals surface area contributed by atoms with E-state index in [9.17, 15) is 4.79 Å². The molecule has 0 bridgehead atoms. The van der Waals surface area contributed by atoms with E-state index in [1.54, 1.807) is 0 Å². The number of H-pyrrole nitrogens is 1. The lowest BCUT2D eigenvalue weighted by molar-refractivity contribution is -0.134. The number of fused-ring (bicyclic) bond motifs is 1. The molecule has 3 aliphatic rings. The Bertz CT molecular complexity index is 562. The van der Waals surface area contributed by atoms with Gasteiger partial charge in [0.05, 0.1) is 18.2 Å². The first kappa shape index (κ1) is 14.2. The van der Waals surface area contributed by atoms with Crippen LogP contribution in [0.5, 0.6) is 0 Å². The number of hydrogen-bond donors (Lipinski definition) is 1. The second-order valence-corrected chi connectivity index (χ2v) is 7.24. The molecule has 1 saturated carbocycles. The highest BCUT2D eigenvalue weighted by Gasteiger charge is 2.50. The largest absolute Gasteiger partial charge is 0.378 e. The number of aromatic amines is 1. The molecule has 1 N–H and O–H groups in total. The van der Waals surface area contributed by atoms with Crippen LogP contribution >= 0.6 is 0 Å². The van der Waals surface area contributed by atoms with E-state index in [1.807, 2.05) is 6.20 Å². The van der Waals surface area contributed by atoms with E-state index >= 15 is 0 Å². The average Bonchev–Trinajstić information content (AvgIpc) is 3.12. The van der Waals surface area contributed by atoms with Crippen LogP contribution in [0.15, 0.2) is 6.20 Å². The highest BCUT2D eigenvalue weighted by Crippen LogP contribution is 2.50. The number of nitrogens with zero attached hydrogens (tertiary/aromatic N) is 2. The third-order valence-corrected chi connectivity index (χ3v) is 5.82. The van der Waals surface area contributed by atoms with E-state index in [4.69, 9.17) is 4.74 Å². The van der Waals surface area contributed by atoms with Crippen LogP contribution in [0.4, 0.5) is 0 Å². The Morgan fingerprint density at radius 1 is 1.55 bits per heavy atom. The molecular weight excluding hydrogens is 278 g/mol. The van der Waals surface area contributed by atoms with Crippen molar-refractivity contribution in [3.63, 3.8) is 0 Å². The van der Waals surface area contributed by atoms with E-state index in [-0.39, 0.29) is 5.92 Å². The van der Waals surface area contributed by atoms with Gasteiger partial charge < -0.3 is 9.64 Å². The van der Waals surface area contributed by atoms with Gasteiger partial charge in [0, 0.05) is 31.0 Å². The molecule has 0 radical (unpaired) electrons. The molecule has 1 spiro atoms. The quantitative estimate of drug-likeness (QED) is 0.931. The smallest absolute Gasteiger partial charge is 0.230 e. The number of aromatic nitrogens is 2. The van der Waals surface area contributed by atoms with Gasteiger partial charge in [-0.25, -0.2) is 0 Å². The second kappa shape index (κ2) is 5.37. The van der Waals surface area contributed by atoms with Crippen LogP contribution in [0, 0.1) is 5.41 Å². The van der Waals surface area contributed by atoms with Gasteiger partial charge in [-0.2, -0.15) is 5.10 Å². The van der Waals surface area contributed by atoms with Gasteiger partial charge >= 0.3 is 0 Å². The Kier molecular flexibility index (Phi) is 3.48. The number of nitrogens with one attached hydrogen (secondary N) is 1. The van der Waals surface area contributed by atoms with Crippen molar-refractivity contribution in [2.45, 2.75) is 57.5 Å². The molecule has 1 atom stereocenters. The van der Waals surface area contributed by atoms with Gasteiger partial charge in [0.2, 0.25) is 5.91 Å². The molecule has 5 nitrogen and oxygen atoms in total. The van der Waals surface area contributed by atoms with E-state index < -0.39 is 0 Å². The lowest BCUT2D eigenvalue weighted by Gasteiger charge is -2.44. The minimum absolute atomic E-state index is 0.0282. The fourth-order valence-corrected chi connectivity index (χ4v) is 4.65. The van der Waals surface area contributed by atoms with Gasteiger partial charge in [0.15, 0.2) is 0 Å². The maximum atomic E-state index is 12.9. The number of carbonyl (C=O) groups is 1. The summed E-state index contributed by atoms with van der Waals surface area (Å²) in [6.45, 7) is 4.70. The molecule has 22 heavy (non-hydrogen) atoms. The van der Waals surface area contributed by atoms with Crippen molar-refractivity contribution in [2.24, 2.45) is 5.41 Å². The van der Waals surface area contributed by atoms with Crippen molar-refractivity contribution in [3.8, 4) is 0 Å². The lowest BCUT2D eigenvalue weighted by atomic mass is 9.66. The van der Waals surface area contributed by atoms with Crippen molar-refractivity contribution in [1.29, 1.82) is 0 Å². The first-order chi connectivity index (χ1) is 10.7. The number of carbonyl (C=O) groups excluding carboxylic acids is 1. The van der Waals surface area contributed by atoms with Crippen LogP contribution in [-0.4, -0.2) is 46.8 Å². The molecule has 4 rings (SSSR count). The van der Waals surface area contributed by atoms with Crippen molar-refractivity contribution in [2.75, 3.05) is 19.7 Å².